The number of hydrogen-bond donors (Lipinski definition) is 2. The van der Waals surface area contributed by atoms with Gasteiger partial charge >= 0.3 is 0 Å². The largest absolute Gasteiger partial charge is 0.508 e. The molecule has 0 aliphatic carbocycles. The molecule has 0 spiro atoms. The number of aliphatic hydroxyl groups is 1. The van der Waals surface area contributed by atoms with Crippen molar-refractivity contribution in [3.63, 3.8) is 0 Å². The van der Waals surface area contributed by atoms with Gasteiger partial charge in [-0.3, -0.25) is 0 Å². The van der Waals surface area contributed by atoms with Crippen molar-refractivity contribution in [2.24, 2.45) is 0 Å². The Morgan fingerprint density at radius 1 is 1.31 bits per heavy atom. The smallest absolute Gasteiger partial charge is 0.117 e. The fourth-order valence-electron chi connectivity index (χ4n) is 2.15. The maximum absolute atomic E-state index is 9.48. The molecule has 0 bridgehead atoms. The lowest BCUT2D eigenvalue weighted by Gasteiger charge is -2.09. The summed E-state index contributed by atoms with van der Waals surface area (Å²) in [5.74, 6) is 0.281. The predicted octanol–water partition coefficient (Wildman–Crippen LogP) is 2.29. The van der Waals surface area contributed by atoms with E-state index in [9.17, 15) is 10.2 Å². The lowest BCUT2D eigenvalue weighted by atomic mass is 10.2. The maximum atomic E-state index is 9.48. The number of fused-ring (bicyclic) bond motifs is 1. The van der Waals surface area contributed by atoms with Crippen LogP contribution in [0.15, 0.2) is 24.3 Å². The first-order chi connectivity index (χ1) is 7.61. The van der Waals surface area contributed by atoms with Crippen LogP contribution < -0.4 is 0 Å². The van der Waals surface area contributed by atoms with Crippen LogP contribution in [0.2, 0.25) is 0 Å². The molecular formula is C13H17NO2. The van der Waals surface area contributed by atoms with Crippen molar-refractivity contribution in [3.8, 4) is 5.75 Å². The van der Waals surface area contributed by atoms with E-state index in [4.69, 9.17) is 0 Å². The number of aliphatic hydroxyl groups excluding tert-OH is 1. The zero-order chi connectivity index (χ0) is 11.7. The van der Waals surface area contributed by atoms with Gasteiger partial charge in [-0.15, -0.1) is 0 Å². The number of aryl methyl sites for hydroxylation is 1. The van der Waals surface area contributed by atoms with Gasteiger partial charge in [0.25, 0.3) is 0 Å². The zero-order valence-electron chi connectivity index (χ0n) is 9.64. The van der Waals surface area contributed by atoms with Crippen molar-refractivity contribution in [3.05, 3.63) is 30.0 Å². The highest BCUT2D eigenvalue weighted by Crippen LogP contribution is 2.24. The third-order valence-electron chi connectivity index (χ3n) is 2.79. The molecule has 16 heavy (non-hydrogen) atoms. The Balaban J connectivity index is 2.57. The summed E-state index contributed by atoms with van der Waals surface area (Å²) in [5.41, 5.74) is 2.14. The number of phenolic OH excluding ortho intramolecular Hbond substituents is 1. The van der Waals surface area contributed by atoms with Gasteiger partial charge in [-0.25, -0.2) is 0 Å². The summed E-state index contributed by atoms with van der Waals surface area (Å²) in [6, 6.07) is 7.44. The topological polar surface area (TPSA) is 45.4 Å². The first-order valence-corrected chi connectivity index (χ1v) is 5.61. The molecule has 1 unspecified atom stereocenters. The molecule has 2 aromatic rings. The van der Waals surface area contributed by atoms with Crippen LogP contribution >= 0.6 is 0 Å². The lowest BCUT2D eigenvalue weighted by Crippen LogP contribution is -2.09. The third-order valence-corrected chi connectivity index (χ3v) is 2.79. The quantitative estimate of drug-likeness (QED) is 0.832. The number of aromatic nitrogens is 1. The second-order valence-corrected chi connectivity index (χ2v) is 4.18. The minimum atomic E-state index is -0.344. The Labute approximate surface area is 94.9 Å². The molecule has 0 fully saturated rings. The van der Waals surface area contributed by atoms with Crippen LogP contribution in [0.4, 0.5) is 0 Å². The minimum Gasteiger partial charge on any atom is -0.508 e. The van der Waals surface area contributed by atoms with E-state index in [0.29, 0.717) is 6.42 Å². The molecule has 1 heterocycles. The first-order valence-electron chi connectivity index (χ1n) is 5.61. The minimum absolute atomic E-state index is 0.281. The van der Waals surface area contributed by atoms with E-state index < -0.39 is 0 Å². The lowest BCUT2D eigenvalue weighted by molar-refractivity contribution is 0.193. The second kappa shape index (κ2) is 4.18. The SMILES string of the molecule is CCn1c(CC(C)O)cc2ccc(O)cc21. The predicted molar refractivity (Wildman–Crippen MR) is 64.7 cm³/mol. The van der Waals surface area contributed by atoms with Crippen molar-refractivity contribution in [2.75, 3.05) is 0 Å². The molecule has 3 heteroatoms. The average Bonchev–Trinajstić information content (AvgIpc) is 2.53. The first kappa shape index (κ1) is 11.0. The normalized spacial score (nSPS) is 13.2. The van der Waals surface area contributed by atoms with Gasteiger partial charge in [-0.1, -0.05) is 0 Å². The second-order valence-electron chi connectivity index (χ2n) is 4.18. The molecule has 86 valence electrons. The molecule has 1 aromatic heterocycles. The van der Waals surface area contributed by atoms with Crippen LogP contribution in [-0.4, -0.2) is 20.9 Å². The number of nitrogens with zero attached hydrogens (tertiary/aromatic N) is 1. The highest BCUT2D eigenvalue weighted by Gasteiger charge is 2.09. The number of phenols is 1. The fourth-order valence-corrected chi connectivity index (χ4v) is 2.15. The van der Waals surface area contributed by atoms with Crippen LogP contribution in [-0.2, 0) is 13.0 Å². The van der Waals surface area contributed by atoms with Crippen LogP contribution in [0.3, 0.4) is 0 Å². The van der Waals surface area contributed by atoms with E-state index in [1.165, 1.54) is 0 Å². The van der Waals surface area contributed by atoms with Crippen molar-refractivity contribution in [1.29, 1.82) is 0 Å². The van der Waals surface area contributed by atoms with Crippen LogP contribution in [0.25, 0.3) is 10.9 Å². The Bertz CT molecular complexity index is 500. The summed E-state index contributed by atoms with van der Waals surface area (Å²) in [6.45, 7) is 4.69. The molecule has 3 nitrogen and oxygen atoms in total. The standard InChI is InChI=1S/C13H17NO2/c1-3-14-11(6-9(2)15)7-10-4-5-12(16)8-13(10)14/h4-5,7-9,15-16H,3,6H2,1-2H3. The Kier molecular flexibility index (Phi) is 2.88. The van der Waals surface area contributed by atoms with Crippen molar-refractivity contribution in [2.45, 2.75) is 32.9 Å². The summed E-state index contributed by atoms with van der Waals surface area (Å²) in [5, 5.41) is 20.0. The molecule has 0 radical (unpaired) electrons. The summed E-state index contributed by atoms with van der Waals surface area (Å²) in [7, 11) is 0. The summed E-state index contributed by atoms with van der Waals surface area (Å²) < 4.78 is 2.13. The van der Waals surface area contributed by atoms with Gasteiger partial charge in [0.15, 0.2) is 0 Å². The van der Waals surface area contributed by atoms with Crippen molar-refractivity contribution < 1.29 is 10.2 Å². The Morgan fingerprint density at radius 2 is 2.06 bits per heavy atom. The number of aromatic hydroxyl groups is 1. The number of benzene rings is 1. The van der Waals surface area contributed by atoms with Gasteiger partial charge in [0.1, 0.15) is 5.75 Å². The Hall–Kier alpha value is -1.48. The van der Waals surface area contributed by atoms with E-state index in [2.05, 4.69) is 17.6 Å². The van der Waals surface area contributed by atoms with Gasteiger partial charge in [-0.05, 0) is 32.0 Å². The van der Waals surface area contributed by atoms with E-state index in [0.717, 1.165) is 23.1 Å². The fraction of sp³-hybridized carbons (Fsp3) is 0.385. The van der Waals surface area contributed by atoms with Crippen LogP contribution in [0.1, 0.15) is 19.5 Å². The summed E-state index contributed by atoms with van der Waals surface area (Å²) in [4.78, 5) is 0. The molecule has 0 saturated heterocycles. The third kappa shape index (κ3) is 1.91. The van der Waals surface area contributed by atoms with Gasteiger partial charge in [0.2, 0.25) is 0 Å². The molecule has 1 atom stereocenters. The highest BCUT2D eigenvalue weighted by molar-refractivity contribution is 5.82. The van der Waals surface area contributed by atoms with E-state index in [-0.39, 0.29) is 11.9 Å². The van der Waals surface area contributed by atoms with E-state index in [1.807, 2.05) is 6.07 Å². The number of hydrogen-bond acceptors (Lipinski definition) is 2. The Morgan fingerprint density at radius 3 is 2.69 bits per heavy atom. The van der Waals surface area contributed by atoms with Gasteiger partial charge in [-0.2, -0.15) is 0 Å². The maximum Gasteiger partial charge on any atom is 0.117 e. The molecule has 0 amide bonds. The van der Waals surface area contributed by atoms with Crippen molar-refractivity contribution in [1.82, 2.24) is 4.57 Å². The molecule has 2 N–H and O–H groups in total. The summed E-state index contributed by atoms with van der Waals surface area (Å²) >= 11 is 0. The van der Waals surface area contributed by atoms with E-state index in [1.54, 1.807) is 19.1 Å². The zero-order valence-corrected chi connectivity index (χ0v) is 9.64. The molecule has 0 aliphatic rings. The molecule has 0 aliphatic heterocycles. The van der Waals surface area contributed by atoms with Crippen molar-refractivity contribution >= 4 is 10.9 Å². The van der Waals surface area contributed by atoms with Crippen LogP contribution in [0, 0.1) is 0 Å². The van der Waals surface area contributed by atoms with E-state index >= 15 is 0 Å². The van der Waals surface area contributed by atoms with Gasteiger partial charge < -0.3 is 14.8 Å². The molecule has 1 aromatic carbocycles. The molecule has 2 rings (SSSR count). The van der Waals surface area contributed by atoms with Gasteiger partial charge in [0, 0.05) is 30.1 Å². The average molecular weight is 219 g/mol. The monoisotopic (exact) mass is 219 g/mol. The molecule has 0 saturated carbocycles. The summed E-state index contributed by atoms with van der Waals surface area (Å²) in [6.07, 6.45) is 0.298. The van der Waals surface area contributed by atoms with Gasteiger partial charge in [0.05, 0.1) is 11.6 Å². The molecular weight excluding hydrogens is 202 g/mol. The van der Waals surface area contributed by atoms with Crippen LogP contribution in [0.5, 0.6) is 5.75 Å². The highest BCUT2D eigenvalue weighted by atomic mass is 16.3. The number of rotatable bonds is 3.